The second-order valence-electron chi connectivity index (χ2n) is 6.85. The number of nitrogens with one attached hydrogen (secondary N) is 1. The van der Waals surface area contributed by atoms with Crippen LogP contribution >= 0.6 is 0 Å². The van der Waals surface area contributed by atoms with Crippen LogP contribution in [-0.4, -0.2) is 44.5 Å². The van der Waals surface area contributed by atoms with Crippen molar-refractivity contribution in [3.63, 3.8) is 0 Å². The van der Waals surface area contributed by atoms with E-state index in [2.05, 4.69) is 21.4 Å². The minimum Gasteiger partial charge on any atom is -0.364 e. The third-order valence-electron chi connectivity index (χ3n) is 4.91. The van der Waals surface area contributed by atoms with Gasteiger partial charge in [0.25, 0.3) is 0 Å². The third kappa shape index (κ3) is 3.07. The number of aryl methyl sites for hydroxylation is 1. The lowest BCUT2D eigenvalue weighted by Crippen LogP contribution is -2.33. The van der Waals surface area contributed by atoms with E-state index in [0.29, 0.717) is 24.5 Å². The lowest BCUT2D eigenvalue weighted by Gasteiger charge is -2.19. The van der Waals surface area contributed by atoms with E-state index in [-0.39, 0.29) is 23.8 Å². The molecule has 1 aliphatic heterocycles. The summed E-state index contributed by atoms with van der Waals surface area (Å²) in [5.74, 6) is 1.09. The Bertz CT molecular complexity index is 834. The van der Waals surface area contributed by atoms with Gasteiger partial charge < -0.3 is 14.8 Å². The van der Waals surface area contributed by atoms with E-state index in [0.717, 1.165) is 18.5 Å². The van der Waals surface area contributed by atoms with Crippen LogP contribution in [0, 0.1) is 17.2 Å². The summed E-state index contributed by atoms with van der Waals surface area (Å²) in [6, 6.07) is 5.64. The fourth-order valence-corrected chi connectivity index (χ4v) is 3.43. The molecule has 1 saturated carbocycles. The van der Waals surface area contributed by atoms with E-state index < -0.39 is 0 Å². The molecule has 0 aromatic carbocycles. The van der Waals surface area contributed by atoms with Crippen LogP contribution in [-0.2, 0) is 11.8 Å². The molecule has 0 unspecified atom stereocenters. The number of carbonyl (C=O) groups is 1. The quantitative estimate of drug-likeness (QED) is 0.914. The van der Waals surface area contributed by atoms with Crippen molar-refractivity contribution in [2.75, 3.05) is 18.4 Å². The van der Waals surface area contributed by atoms with E-state index in [9.17, 15) is 10.1 Å². The normalized spacial score (nSPS) is 22.6. The molecule has 3 heterocycles. The lowest BCUT2D eigenvalue weighted by atomic mass is 10.0. The summed E-state index contributed by atoms with van der Waals surface area (Å²) in [4.78, 5) is 23.2. The summed E-state index contributed by atoms with van der Waals surface area (Å²) in [6.07, 6.45) is 7.44. The average molecular weight is 336 g/mol. The van der Waals surface area contributed by atoms with Crippen LogP contribution in [0.2, 0.25) is 0 Å². The molecule has 2 fully saturated rings. The first-order valence-corrected chi connectivity index (χ1v) is 8.54. The Morgan fingerprint density at radius 1 is 1.36 bits per heavy atom. The average Bonchev–Trinajstić information content (AvgIpc) is 3.26. The number of nitriles is 1. The molecule has 0 radical (unpaired) electrons. The van der Waals surface area contributed by atoms with Crippen LogP contribution < -0.4 is 5.32 Å². The zero-order valence-corrected chi connectivity index (χ0v) is 14.1. The van der Waals surface area contributed by atoms with Gasteiger partial charge in [-0.05, 0) is 25.0 Å². The second kappa shape index (κ2) is 6.20. The Morgan fingerprint density at radius 3 is 2.88 bits per heavy atom. The summed E-state index contributed by atoms with van der Waals surface area (Å²) in [6.45, 7) is 1.26. The van der Waals surface area contributed by atoms with Crippen LogP contribution in [0.4, 0.5) is 5.82 Å². The van der Waals surface area contributed by atoms with Crippen LogP contribution in [0.25, 0.3) is 0 Å². The fourth-order valence-electron chi connectivity index (χ4n) is 3.43. The monoisotopic (exact) mass is 336 g/mol. The smallest absolute Gasteiger partial charge is 0.225 e. The van der Waals surface area contributed by atoms with Crippen molar-refractivity contribution in [2.45, 2.75) is 24.8 Å². The summed E-state index contributed by atoms with van der Waals surface area (Å²) in [5, 5.41) is 12.7. The number of nitrogens with zero attached hydrogens (tertiary/aromatic N) is 5. The van der Waals surface area contributed by atoms with Gasteiger partial charge in [0, 0.05) is 44.4 Å². The van der Waals surface area contributed by atoms with Gasteiger partial charge in [0.1, 0.15) is 11.9 Å². The van der Waals surface area contributed by atoms with Gasteiger partial charge in [-0.1, -0.05) is 0 Å². The van der Waals surface area contributed by atoms with Gasteiger partial charge in [0.15, 0.2) is 0 Å². The molecule has 7 heteroatoms. The maximum absolute atomic E-state index is 12.5. The number of imidazole rings is 1. The van der Waals surface area contributed by atoms with Gasteiger partial charge >= 0.3 is 0 Å². The number of amides is 1. The maximum Gasteiger partial charge on any atom is 0.225 e. The van der Waals surface area contributed by atoms with Crippen molar-refractivity contribution in [3.05, 3.63) is 42.1 Å². The number of carbonyl (C=O) groups excluding carboxylic acids is 1. The van der Waals surface area contributed by atoms with Crippen LogP contribution in [0.15, 0.2) is 30.9 Å². The predicted molar refractivity (Wildman–Crippen MR) is 91.6 cm³/mol. The highest BCUT2D eigenvalue weighted by molar-refractivity contribution is 5.81. The minimum atomic E-state index is -0.0143. The van der Waals surface area contributed by atoms with Crippen molar-refractivity contribution in [1.29, 1.82) is 5.26 Å². The van der Waals surface area contributed by atoms with Crippen molar-refractivity contribution in [2.24, 2.45) is 13.0 Å². The van der Waals surface area contributed by atoms with Crippen molar-refractivity contribution < 1.29 is 4.79 Å². The molecule has 0 spiro atoms. The highest BCUT2D eigenvalue weighted by Gasteiger charge is 2.42. The van der Waals surface area contributed by atoms with Crippen molar-refractivity contribution >= 4 is 11.7 Å². The van der Waals surface area contributed by atoms with Gasteiger partial charge in [0.05, 0.1) is 23.6 Å². The van der Waals surface area contributed by atoms with Crippen molar-refractivity contribution in [1.82, 2.24) is 19.4 Å². The molecule has 1 N–H and O–H groups in total. The third-order valence-corrected chi connectivity index (χ3v) is 4.91. The molecule has 2 aliphatic rings. The highest BCUT2D eigenvalue weighted by atomic mass is 16.2. The molecule has 128 valence electrons. The molecule has 1 aliphatic carbocycles. The van der Waals surface area contributed by atoms with Crippen molar-refractivity contribution in [3.8, 4) is 6.07 Å². The molecule has 7 nitrogen and oxygen atoms in total. The summed E-state index contributed by atoms with van der Waals surface area (Å²) >= 11 is 0. The Kier molecular flexibility index (Phi) is 3.88. The number of hydrogen-bond donors (Lipinski definition) is 1. The Balaban J connectivity index is 1.60. The first-order chi connectivity index (χ1) is 12.2. The van der Waals surface area contributed by atoms with E-state index in [4.69, 9.17) is 0 Å². The summed E-state index contributed by atoms with van der Waals surface area (Å²) in [5.41, 5.74) is 1.47. The molecule has 1 amide bonds. The van der Waals surface area contributed by atoms with Gasteiger partial charge in [-0.15, -0.1) is 0 Å². The number of aromatic nitrogens is 3. The minimum absolute atomic E-state index is 0.0143. The maximum atomic E-state index is 12.5. The number of hydrogen-bond acceptors (Lipinski definition) is 5. The zero-order chi connectivity index (χ0) is 17.4. The van der Waals surface area contributed by atoms with E-state index in [1.54, 1.807) is 24.7 Å². The molecule has 0 bridgehead atoms. The van der Waals surface area contributed by atoms with E-state index in [1.807, 2.05) is 22.7 Å². The lowest BCUT2D eigenvalue weighted by molar-refractivity contribution is -0.131. The van der Waals surface area contributed by atoms with Crippen LogP contribution in [0.3, 0.4) is 0 Å². The first kappa shape index (κ1) is 15.6. The van der Waals surface area contributed by atoms with Gasteiger partial charge in [-0.25, -0.2) is 9.97 Å². The van der Waals surface area contributed by atoms with Crippen LogP contribution in [0.5, 0.6) is 0 Å². The highest BCUT2D eigenvalue weighted by Crippen LogP contribution is 2.35. The molecule has 2 aromatic heterocycles. The first-order valence-electron chi connectivity index (χ1n) is 8.54. The van der Waals surface area contributed by atoms with E-state index in [1.165, 1.54) is 0 Å². The van der Waals surface area contributed by atoms with Gasteiger partial charge in [-0.3, -0.25) is 4.79 Å². The second-order valence-corrected chi connectivity index (χ2v) is 6.85. The van der Waals surface area contributed by atoms with E-state index >= 15 is 0 Å². The topological polar surface area (TPSA) is 86.8 Å². The Hall–Kier alpha value is -2.88. The molecule has 25 heavy (non-hydrogen) atoms. The Labute approximate surface area is 146 Å². The van der Waals surface area contributed by atoms with Gasteiger partial charge in [-0.2, -0.15) is 5.26 Å². The molecule has 2 aromatic rings. The molecule has 1 saturated heterocycles. The zero-order valence-electron chi connectivity index (χ0n) is 14.1. The number of pyridine rings is 1. The van der Waals surface area contributed by atoms with Gasteiger partial charge in [0.2, 0.25) is 5.91 Å². The molecule has 4 rings (SSSR count). The molecule has 2 atom stereocenters. The molecular weight excluding hydrogens is 316 g/mol. The molecular formula is C18H20N6O. The standard InChI is InChI=1S/C18H20N6O/c1-23-9-15(21-11-23)14-8-24(18(25)12-4-5-12)10-16(14)22-17-13(7-19)3-2-6-20-17/h2-3,6,9,11-12,14,16H,4-5,8,10H2,1H3,(H,20,22)/t14-,16+/m0/s1. The SMILES string of the molecule is Cn1cnc([C@@H]2CN(C(=O)C3CC3)C[C@H]2Nc2ncccc2C#N)c1. The number of anilines is 1. The number of likely N-dealkylation sites (tertiary alicyclic amines) is 1. The van der Waals surface area contributed by atoms with Crippen LogP contribution in [0.1, 0.15) is 30.0 Å². The summed E-state index contributed by atoms with van der Waals surface area (Å²) in [7, 11) is 1.94. The fraction of sp³-hybridized carbons (Fsp3) is 0.444. The Morgan fingerprint density at radius 2 is 2.20 bits per heavy atom. The predicted octanol–water partition coefficient (Wildman–Crippen LogP) is 1.50. The summed E-state index contributed by atoms with van der Waals surface area (Å²) < 4.78 is 1.92. The largest absolute Gasteiger partial charge is 0.364 e. The number of rotatable bonds is 4.